The SMILES string of the molecule is COc1ccc(CNC(=O)c2cc(-c3ccc(NC(C)=O)cc3)nc3ccccc23)c(OC)c1. The molecule has 172 valence electrons. The molecular weight excluding hydrogens is 430 g/mol. The van der Waals surface area contributed by atoms with Crippen LogP contribution in [0, 0.1) is 0 Å². The van der Waals surface area contributed by atoms with Gasteiger partial charge in [-0.15, -0.1) is 0 Å². The molecule has 2 N–H and O–H groups in total. The number of fused-ring (bicyclic) bond motifs is 1. The molecule has 0 saturated heterocycles. The zero-order valence-electron chi connectivity index (χ0n) is 19.2. The second-order valence-corrected chi connectivity index (χ2v) is 7.69. The Morgan fingerprint density at radius 1 is 0.912 bits per heavy atom. The first-order valence-corrected chi connectivity index (χ1v) is 10.8. The van der Waals surface area contributed by atoms with E-state index in [9.17, 15) is 9.59 Å². The summed E-state index contributed by atoms with van der Waals surface area (Å²) in [4.78, 5) is 29.3. The van der Waals surface area contributed by atoms with E-state index in [0.29, 0.717) is 35.0 Å². The van der Waals surface area contributed by atoms with Gasteiger partial charge in [0.05, 0.1) is 31.0 Å². The lowest BCUT2D eigenvalue weighted by Gasteiger charge is -2.13. The first kappa shape index (κ1) is 22.8. The van der Waals surface area contributed by atoms with E-state index in [-0.39, 0.29) is 11.8 Å². The predicted molar refractivity (Wildman–Crippen MR) is 132 cm³/mol. The summed E-state index contributed by atoms with van der Waals surface area (Å²) in [5.41, 5.74) is 4.29. The number of aromatic nitrogens is 1. The maximum atomic E-state index is 13.3. The van der Waals surface area contributed by atoms with Crippen molar-refractivity contribution < 1.29 is 19.1 Å². The fraction of sp³-hybridized carbons (Fsp3) is 0.148. The second kappa shape index (κ2) is 10.0. The van der Waals surface area contributed by atoms with Crippen LogP contribution >= 0.6 is 0 Å². The van der Waals surface area contributed by atoms with E-state index in [0.717, 1.165) is 22.0 Å². The van der Waals surface area contributed by atoms with Crippen LogP contribution in [0.25, 0.3) is 22.2 Å². The Hall–Kier alpha value is -4.39. The highest BCUT2D eigenvalue weighted by atomic mass is 16.5. The van der Waals surface area contributed by atoms with E-state index in [4.69, 9.17) is 14.5 Å². The highest BCUT2D eigenvalue weighted by molar-refractivity contribution is 6.07. The molecule has 4 rings (SSSR count). The Kier molecular flexibility index (Phi) is 6.73. The first-order chi connectivity index (χ1) is 16.5. The molecule has 0 atom stereocenters. The summed E-state index contributed by atoms with van der Waals surface area (Å²) in [5.74, 6) is 0.969. The Bertz CT molecular complexity index is 1350. The fourth-order valence-corrected chi connectivity index (χ4v) is 3.71. The van der Waals surface area contributed by atoms with Crippen LogP contribution in [0.5, 0.6) is 11.5 Å². The van der Waals surface area contributed by atoms with Crippen molar-refractivity contribution in [1.82, 2.24) is 10.3 Å². The standard InChI is InChI=1S/C27H25N3O4/c1-17(31)29-20-11-8-18(9-12-20)25-15-23(22-6-4-5-7-24(22)30-25)27(32)28-16-19-10-13-21(33-2)14-26(19)34-3/h4-15H,16H2,1-3H3,(H,28,32)(H,29,31). The van der Waals surface area contributed by atoms with Crippen LogP contribution in [0.15, 0.2) is 72.8 Å². The van der Waals surface area contributed by atoms with E-state index in [2.05, 4.69) is 10.6 Å². The van der Waals surface area contributed by atoms with Gasteiger partial charge in [-0.2, -0.15) is 0 Å². The number of rotatable bonds is 7. The highest BCUT2D eigenvalue weighted by Gasteiger charge is 2.15. The highest BCUT2D eigenvalue weighted by Crippen LogP contribution is 2.27. The summed E-state index contributed by atoms with van der Waals surface area (Å²) in [6.45, 7) is 1.76. The number of para-hydroxylation sites is 1. The molecular formula is C27H25N3O4. The second-order valence-electron chi connectivity index (χ2n) is 7.69. The predicted octanol–water partition coefficient (Wildman–Crippen LogP) is 4.81. The molecule has 7 nitrogen and oxygen atoms in total. The number of amides is 2. The van der Waals surface area contributed by atoms with Gasteiger partial charge in [0.25, 0.3) is 5.91 Å². The van der Waals surface area contributed by atoms with E-state index >= 15 is 0 Å². The van der Waals surface area contributed by atoms with Gasteiger partial charge in [-0.1, -0.05) is 30.3 Å². The Balaban J connectivity index is 1.64. The molecule has 0 aliphatic heterocycles. The average molecular weight is 456 g/mol. The molecule has 0 bridgehead atoms. The van der Waals surface area contributed by atoms with Crippen molar-refractivity contribution in [3.05, 3.63) is 83.9 Å². The van der Waals surface area contributed by atoms with Crippen molar-refractivity contribution in [2.24, 2.45) is 0 Å². The van der Waals surface area contributed by atoms with E-state index in [1.165, 1.54) is 6.92 Å². The third-order valence-electron chi connectivity index (χ3n) is 5.40. The maximum absolute atomic E-state index is 13.3. The summed E-state index contributed by atoms with van der Waals surface area (Å²) < 4.78 is 10.7. The van der Waals surface area contributed by atoms with Crippen LogP contribution < -0.4 is 20.1 Å². The third-order valence-corrected chi connectivity index (χ3v) is 5.40. The molecule has 1 heterocycles. The van der Waals surface area contributed by atoms with Crippen molar-refractivity contribution in [3.63, 3.8) is 0 Å². The number of methoxy groups -OCH3 is 2. The van der Waals surface area contributed by atoms with E-state index < -0.39 is 0 Å². The lowest BCUT2D eigenvalue weighted by molar-refractivity contribution is -0.114. The Morgan fingerprint density at radius 3 is 2.38 bits per heavy atom. The number of hydrogen-bond donors (Lipinski definition) is 2. The quantitative estimate of drug-likeness (QED) is 0.418. The minimum absolute atomic E-state index is 0.135. The van der Waals surface area contributed by atoms with Gasteiger partial charge < -0.3 is 20.1 Å². The van der Waals surface area contributed by atoms with Crippen molar-refractivity contribution >= 4 is 28.4 Å². The first-order valence-electron chi connectivity index (χ1n) is 10.8. The van der Waals surface area contributed by atoms with Crippen LogP contribution in [0.2, 0.25) is 0 Å². The number of ether oxygens (including phenoxy) is 2. The summed E-state index contributed by atoms with van der Waals surface area (Å²) >= 11 is 0. The molecule has 0 unspecified atom stereocenters. The zero-order chi connectivity index (χ0) is 24.1. The van der Waals surface area contributed by atoms with Crippen LogP contribution in [0.1, 0.15) is 22.8 Å². The zero-order valence-corrected chi connectivity index (χ0v) is 19.2. The Labute approximate surface area is 197 Å². The molecule has 2 amide bonds. The minimum Gasteiger partial charge on any atom is -0.497 e. The number of anilines is 1. The van der Waals surface area contributed by atoms with Crippen LogP contribution in [0.3, 0.4) is 0 Å². The Morgan fingerprint density at radius 2 is 1.68 bits per heavy atom. The number of nitrogens with one attached hydrogen (secondary N) is 2. The summed E-state index contributed by atoms with van der Waals surface area (Å²) in [6, 6.07) is 22.2. The van der Waals surface area contributed by atoms with Gasteiger partial charge in [-0.3, -0.25) is 9.59 Å². The number of nitrogens with zero attached hydrogens (tertiary/aromatic N) is 1. The number of carbonyl (C=O) groups excluding carboxylic acids is 2. The maximum Gasteiger partial charge on any atom is 0.252 e. The molecule has 0 aliphatic carbocycles. The largest absolute Gasteiger partial charge is 0.497 e. The molecule has 0 fully saturated rings. The molecule has 0 spiro atoms. The monoisotopic (exact) mass is 455 g/mol. The fourth-order valence-electron chi connectivity index (χ4n) is 3.71. The molecule has 1 aromatic heterocycles. The lowest BCUT2D eigenvalue weighted by Crippen LogP contribution is -2.23. The lowest BCUT2D eigenvalue weighted by atomic mass is 10.0. The summed E-state index contributed by atoms with van der Waals surface area (Å²) in [6.07, 6.45) is 0. The number of carbonyl (C=O) groups is 2. The average Bonchev–Trinajstić information content (AvgIpc) is 2.86. The van der Waals surface area contributed by atoms with Crippen molar-refractivity contribution in [2.45, 2.75) is 13.5 Å². The van der Waals surface area contributed by atoms with Crippen LogP contribution in [-0.4, -0.2) is 31.0 Å². The van der Waals surface area contributed by atoms with Gasteiger partial charge in [-0.25, -0.2) is 4.98 Å². The molecule has 0 radical (unpaired) electrons. The molecule has 0 aliphatic rings. The van der Waals surface area contributed by atoms with Gasteiger partial charge in [0.1, 0.15) is 11.5 Å². The van der Waals surface area contributed by atoms with Gasteiger partial charge in [0.15, 0.2) is 0 Å². The number of benzene rings is 3. The van der Waals surface area contributed by atoms with Crippen molar-refractivity contribution in [3.8, 4) is 22.8 Å². The smallest absolute Gasteiger partial charge is 0.252 e. The van der Waals surface area contributed by atoms with E-state index in [1.54, 1.807) is 26.4 Å². The molecule has 3 aromatic carbocycles. The normalized spacial score (nSPS) is 10.6. The van der Waals surface area contributed by atoms with Crippen molar-refractivity contribution in [1.29, 1.82) is 0 Å². The van der Waals surface area contributed by atoms with Crippen LogP contribution in [-0.2, 0) is 11.3 Å². The topological polar surface area (TPSA) is 89.6 Å². The van der Waals surface area contributed by atoms with Gasteiger partial charge in [0, 0.05) is 41.7 Å². The molecule has 4 aromatic rings. The molecule has 0 saturated carbocycles. The summed E-state index contributed by atoms with van der Waals surface area (Å²) in [7, 11) is 3.18. The minimum atomic E-state index is -0.215. The van der Waals surface area contributed by atoms with Gasteiger partial charge in [-0.05, 0) is 36.4 Å². The van der Waals surface area contributed by atoms with E-state index in [1.807, 2.05) is 60.7 Å². The van der Waals surface area contributed by atoms with Gasteiger partial charge >= 0.3 is 0 Å². The van der Waals surface area contributed by atoms with Crippen LogP contribution in [0.4, 0.5) is 5.69 Å². The van der Waals surface area contributed by atoms with Crippen molar-refractivity contribution in [2.75, 3.05) is 19.5 Å². The molecule has 34 heavy (non-hydrogen) atoms. The number of hydrogen-bond acceptors (Lipinski definition) is 5. The summed E-state index contributed by atoms with van der Waals surface area (Å²) in [5, 5.41) is 6.51. The molecule has 7 heteroatoms. The third kappa shape index (κ3) is 4.99. The van der Waals surface area contributed by atoms with Gasteiger partial charge in [0.2, 0.25) is 5.91 Å². The number of pyridine rings is 1.